The van der Waals surface area contributed by atoms with Gasteiger partial charge in [0.25, 0.3) is 0 Å². The number of hydrogen-bond donors (Lipinski definition) is 1. The highest BCUT2D eigenvalue weighted by Crippen LogP contribution is 2.23. The topological polar surface area (TPSA) is 35.2 Å². The van der Waals surface area contributed by atoms with Crippen molar-refractivity contribution in [1.29, 1.82) is 0 Å². The largest absolute Gasteiger partial charge is 0.497 e. The van der Waals surface area contributed by atoms with Crippen LogP contribution in [0.1, 0.15) is 4.11 Å². The van der Waals surface area contributed by atoms with Gasteiger partial charge in [0.15, 0.2) is 0 Å². The van der Waals surface area contributed by atoms with E-state index in [0.717, 1.165) is 0 Å². The van der Waals surface area contributed by atoms with Crippen LogP contribution in [0, 0.1) is 0 Å². The molecular formula is C7H8BrNO. The Hall–Kier alpha value is -0.700. The molecule has 0 saturated carbocycles. The Morgan fingerprint density at radius 3 is 3.10 bits per heavy atom. The maximum absolute atomic E-state index is 6.86. The monoisotopic (exact) mass is 204 g/mol. The average Bonchev–Trinajstić information content (AvgIpc) is 1.94. The molecule has 0 radical (unpaired) electrons. The molecule has 0 bridgehead atoms. The number of nitrogen functional groups attached to an aromatic ring is 1. The Bertz CT molecular complexity index is 313. The lowest BCUT2D eigenvalue weighted by Crippen LogP contribution is -1.87. The van der Waals surface area contributed by atoms with Crippen molar-refractivity contribution in [2.24, 2.45) is 0 Å². The molecule has 1 aromatic rings. The number of nitrogens with two attached hydrogens (primary N) is 1. The number of benzene rings is 1. The van der Waals surface area contributed by atoms with Crippen molar-refractivity contribution < 1.29 is 8.85 Å². The van der Waals surface area contributed by atoms with Gasteiger partial charge in [0, 0.05) is 10.2 Å². The van der Waals surface area contributed by atoms with Crippen molar-refractivity contribution in [3.8, 4) is 5.75 Å². The zero-order valence-corrected chi connectivity index (χ0v) is 6.68. The number of rotatable bonds is 1. The molecule has 0 unspecified atom stereocenters. The number of ether oxygens (including phenoxy) is 1. The zero-order chi connectivity index (χ0) is 10.1. The van der Waals surface area contributed by atoms with Crippen molar-refractivity contribution in [2.75, 3.05) is 12.8 Å². The molecule has 0 aliphatic carbocycles. The molecule has 1 aromatic carbocycles. The summed E-state index contributed by atoms with van der Waals surface area (Å²) in [7, 11) is -2.42. The van der Waals surface area contributed by atoms with Crippen LogP contribution in [0.25, 0.3) is 0 Å². The lowest BCUT2D eigenvalue weighted by Gasteiger charge is -2.01. The molecule has 0 spiro atoms. The minimum absolute atomic E-state index is 0.265. The highest BCUT2D eigenvalue weighted by molar-refractivity contribution is 9.10. The van der Waals surface area contributed by atoms with Gasteiger partial charge in [-0.25, -0.2) is 0 Å². The van der Waals surface area contributed by atoms with Gasteiger partial charge in [-0.05, 0) is 34.1 Å². The summed E-state index contributed by atoms with van der Waals surface area (Å²) in [6.45, 7) is 0. The van der Waals surface area contributed by atoms with Gasteiger partial charge in [0.05, 0.1) is 11.2 Å². The second kappa shape index (κ2) is 2.92. The standard InChI is InChI=1S/C7H8BrNO/c1-10-5-2-3-7(9)6(8)4-5/h2-4H,9H2,1H3/i1D3. The lowest BCUT2D eigenvalue weighted by molar-refractivity contribution is 0.414. The number of halogens is 1. The minimum Gasteiger partial charge on any atom is -0.497 e. The predicted molar refractivity (Wildman–Crippen MR) is 45.1 cm³/mol. The third-order valence-corrected chi connectivity index (χ3v) is 1.78. The summed E-state index contributed by atoms with van der Waals surface area (Å²) in [5, 5.41) is 0. The smallest absolute Gasteiger partial charge is 0.120 e. The van der Waals surface area contributed by atoms with Crippen molar-refractivity contribution >= 4 is 21.6 Å². The van der Waals surface area contributed by atoms with E-state index in [4.69, 9.17) is 9.85 Å². The van der Waals surface area contributed by atoms with E-state index in [1.54, 1.807) is 6.07 Å². The fourth-order valence-electron chi connectivity index (χ4n) is 0.571. The second-order valence-electron chi connectivity index (χ2n) is 1.79. The van der Waals surface area contributed by atoms with Crippen LogP contribution in [0.4, 0.5) is 5.69 Å². The van der Waals surface area contributed by atoms with Crippen molar-refractivity contribution in [1.82, 2.24) is 0 Å². The van der Waals surface area contributed by atoms with Crippen LogP contribution in [-0.4, -0.2) is 7.04 Å². The molecule has 2 N–H and O–H groups in total. The molecule has 1 rings (SSSR count). The van der Waals surface area contributed by atoms with E-state index in [9.17, 15) is 0 Å². The van der Waals surface area contributed by atoms with Gasteiger partial charge < -0.3 is 10.5 Å². The molecule has 0 atom stereocenters. The highest BCUT2D eigenvalue weighted by Gasteiger charge is 1.95. The molecule has 0 aromatic heterocycles. The molecule has 0 aliphatic heterocycles. The average molecular weight is 205 g/mol. The van der Waals surface area contributed by atoms with Gasteiger partial charge in [0.1, 0.15) is 5.75 Å². The van der Waals surface area contributed by atoms with Gasteiger partial charge in [-0.1, -0.05) is 0 Å². The summed E-state index contributed by atoms with van der Waals surface area (Å²) >= 11 is 3.16. The summed E-state index contributed by atoms with van der Waals surface area (Å²) < 4.78 is 25.8. The van der Waals surface area contributed by atoms with E-state index >= 15 is 0 Å². The molecule has 0 saturated heterocycles. The summed E-state index contributed by atoms with van der Waals surface area (Å²) in [6, 6.07) is 4.60. The van der Waals surface area contributed by atoms with Gasteiger partial charge in [-0.15, -0.1) is 0 Å². The van der Waals surface area contributed by atoms with Crippen molar-refractivity contribution in [2.45, 2.75) is 0 Å². The minimum atomic E-state index is -2.42. The molecule has 3 heteroatoms. The second-order valence-corrected chi connectivity index (χ2v) is 2.64. The third kappa shape index (κ3) is 1.42. The van der Waals surface area contributed by atoms with E-state index in [1.807, 2.05) is 0 Å². The van der Waals surface area contributed by atoms with Crippen LogP contribution in [0.3, 0.4) is 0 Å². The number of methoxy groups -OCH3 is 1. The molecule has 0 fully saturated rings. The highest BCUT2D eigenvalue weighted by atomic mass is 79.9. The fraction of sp³-hybridized carbons (Fsp3) is 0.143. The first-order chi connectivity index (χ1) is 5.88. The van der Waals surface area contributed by atoms with Crippen LogP contribution >= 0.6 is 15.9 Å². The third-order valence-electron chi connectivity index (χ3n) is 1.09. The Kier molecular flexibility index (Phi) is 1.24. The van der Waals surface area contributed by atoms with Crippen LogP contribution < -0.4 is 10.5 Å². The Labute approximate surface area is 72.3 Å². The van der Waals surface area contributed by atoms with Gasteiger partial charge >= 0.3 is 0 Å². The number of hydrogen-bond acceptors (Lipinski definition) is 2. The Morgan fingerprint density at radius 1 is 1.70 bits per heavy atom. The molecule has 10 heavy (non-hydrogen) atoms. The molecular weight excluding hydrogens is 194 g/mol. The van der Waals surface area contributed by atoms with Crippen LogP contribution in [0.5, 0.6) is 5.75 Å². The van der Waals surface area contributed by atoms with E-state index in [1.165, 1.54) is 12.1 Å². The first-order valence-electron chi connectivity index (χ1n) is 4.12. The van der Waals surface area contributed by atoms with E-state index < -0.39 is 7.04 Å². The summed E-state index contributed by atoms with van der Waals surface area (Å²) in [5.41, 5.74) is 6.05. The Morgan fingerprint density at radius 2 is 2.50 bits per heavy atom. The molecule has 0 amide bonds. The fourth-order valence-corrected chi connectivity index (χ4v) is 0.929. The summed E-state index contributed by atoms with van der Waals surface area (Å²) in [5.74, 6) is 0.265. The Balaban J connectivity index is 2.86. The molecule has 0 aliphatic rings. The lowest BCUT2D eigenvalue weighted by atomic mass is 10.3. The predicted octanol–water partition coefficient (Wildman–Crippen LogP) is 2.04. The van der Waals surface area contributed by atoms with E-state index in [-0.39, 0.29) is 5.75 Å². The first kappa shape index (κ1) is 4.23. The van der Waals surface area contributed by atoms with Crippen LogP contribution in [0.2, 0.25) is 0 Å². The SMILES string of the molecule is [2H]C([2H])([2H])Oc1ccc(N)c(Br)c1. The van der Waals surface area contributed by atoms with Crippen LogP contribution in [-0.2, 0) is 0 Å². The van der Waals surface area contributed by atoms with Crippen molar-refractivity contribution in [3.63, 3.8) is 0 Å². The van der Waals surface area contributed by atoms with Gasteiger partial charge in [0.2, 0.25) is 0 Å². The van der Waals surface area contributed by atoms with Gasteiger partial charge in [-0.2, -0.15) is 0 Å². The zero-order valence-electron chi connectivity index (χ0n) is 8.10. The van der Waals surface area contributed by atoms with Gasteiger partial charge in [-0.3, -0.25) is 0 Å². The van der Waals surface area contributed by atoms with Crippen LogP contribution in [0.15, 0.2) is 22.7 Å². The molecule has 54 valence electrons. The van der Waals surface area contributed by atoms with E-state index in [2.05, 4.69) is 20.7 Å². The summed E-state index contributed by atoms with van der Waals surface area (Å²) in [4.78, 5) is 0. The van der Waals surface area contributed by atoms with Crippen molar-refractivity contribution in [3.05, 3.63) is 22.7 Å². The summed E-state index contributed by atoms with van der Waals surface area (Å²) in [6.07, 6.45) is 0. The quantitative estimate of drug-likeness (QED) is 0.712. The normalized spacial score (nSPS) is 15.1. The number of anilines is 1. The maximum Gasteiger partial charge on any atom is 0.120 e. The molecule has 2 nitrogen and oxygen atoms in total. The first-order valence-corrected chi connectivity index (χ1v) is 3.42. The molecule has 0 heterocycles. The van der Waals surface area contributed by atoms with E-state index in [0.29, 0.717) is 10.2 Å². The maximum atomic E-state index is 6.86.